The van der Waals surface area contributed by atoms with Crippen LogP contribution in [0.25, 0.3) is 4.91 Å². The van der Waals surface area contributed by atoms with E-state index in [2.05, 4.69) is 30.3 Å². The zero-order chi connectivity index (χ0) is 9.10. The van der Waals surface area contributed by atoms with Gasteiger partial charge in [0.15, 0.2) is 0 Å². The molecular weight excluding hydrogens is 196 g/mol. The first-order valence-corrected chi connectivity index (χ1v) is 5.55. The predicted molar refractivity (Wildman–Crippen MR) is 63.8 cm³/mol. The SMILES string of the molecule is S=C1CCC=C(c2ccccc2)S1. The Bertz CT molecular complexity index is 338. The first kappa shape index (κ1) is 8.97. The lowest BCUT2D eigenvalue weighted by Gasteiger charge is -2.12. The Balaban J connectivity index is 2.27. The molecule has 0 aromatic heterocycles. The fourth-order valence-electron chi connectivity index (χ4n) is 1.32. The van der Waals surface area contributed by atoms with Gasteiger partial charge in [-0.2, -0.15) is 0 Å². The van der Waals surface area contributed by atoms with E-state index in [9.17, 15) is 0 Å². The molecule has 0 N–H and O–H groups in total. The van der Waals surface area contributed by atoms with Gasteiger partial charge in [0.1, 0.15) is 0 Å². The summed E-state index contributed by atoms with van der Waals surface area (Å²) in [6, 6.07) is 10.4. The lowest BCUT2D eigenvalue weighted by Crippen LogP contribution is -1.94. The maximum Gasteiger partial charge on any atom is 0.0530 e. The van der Waals surface area contributed by atoms with Crippen molar-refractivity contribution in [2.24, 2.45) is 0 Å². The van der Waals surface area contributed by atoms with Gasteiger partial charge in [0.05, 0.1) is 4.20 Å². The van der Waals surface area contributed by atoms with Gasteiger partial charge < -0.3 is 0 Å². The molecule has 0 atom stereocenters. The van der Waals surface area contributed by atoms with Gasteiger partial charge in [-0.1, -0.05) is 60.4 Å². The summed E-state index contributed by atoms with van der Waals surface area (Å²) in [5.41, 5.74) is 1.29. The van der Waals surface area contributed by atoms with Crippen LogP contribution in [0.4, 0.5) is 0 Å². The quantitative estimate of drug-likeness (QED) is 0.639. The summed E-state index contributed by atoms with van der Waals surface area (Å²) < 4.78 is 1.11. The number of benzene rings is 1. The van der Waals surface area contributed by atoms with E-state index in [1.165, 1.54) is 10.5 Å². The Kier molecular flexibility index (Phi) is 2.81. The minimum absolute atomic E-state index is 1.05. The van der Waals surface area contributed by atoms with Crippen molar-refractivity contribution in [1.82, 2.24) is 0 Å². The molecule has 0 fully saturated rings. The molecular formula is C11H10S2. The molecule has 2 rings (SSSR count). The Morgan fingerprint density at radius 3 is 2.62 bits per heavy atom. The van der Waals surface area contributed by atoms with Crippen LogP contribution in [0.5, 0.6) is 0 Å². The summed E-state index contributed by atoms with van der Waals surface area (Å²) in [7, 11) is 0. The third kappa shape index (κ3) is 2.20. The van der Waals surface area contributed by atoms with Gasteiger partial charge in [0.2, 0.25) is 0 Å². The monoisotopic (exact) mass is 206 g/mol. The third-order valence-corrected chi connectivity index (χ3v) is 3.47. The number of thioether (sulfide) groups is 1. The average Bonchev–Trinajstić information content (AvgIpc) is 2.19. The molecule has 0 nitrogen and oxygen atoms in total. The highest BCUT2D eigenvalue weighted by Gasteiger charge is 2.09. The van der Waals surface area contributed by atoms with Crippen molar-refractivity contribution in [2.75, 3.05) is 0 Å². The van der Waals surface area contributed by atoms with E-state index < -0.39 is 0 Å². The standard InChI is InChI=1S/C11H10S2/c12-11-8-4-7-10(13-11)9-5-2-1-3-6-9/h1-3,5-7H,4,8H2. The summed E-state index contributed by atoms with van der Waals surface area (Å²) in [5.74, 6) is 0. The molecule has 2 heteroatoms. The first-order chi connectivity index (χ1) is 6.36. The van der Waals surface area contributed by atoms with E-state index in [1.807, 2.05) is 6.07 Å². The van der Waals surface area contributed by atoms with E-state index in [4.69, 9.17) is 12.2 Å². The van der Waals surface area contributed by atoms with E-state index in [0.717, 1.165) is 17.0 Å². The summed E-state index contributed by atoms with van der Waals surface area (Å²) in [6.07, 6.45) is 4.42. The van der Waals surface area contributed by atoms with Gasteiger partial charge in [0, 0.05) is 4.91 Å². The maximum absolute atomic E-state index is 5.20. The molecule has 1 aromatic carbocycles. The fourth-order valence-corrected chi connectivity index (χ4v) is 2.62. The highest BCUT2D eigenvalue weighted by Crippen LogP contribution is 2.34. The van der Waals surface area contributed by atoms with Gasteiger partial charge in [-0.05, 0) is 18.4 Å². The number of thiocarbonyl (C=S) groups is 1. The predicted octanol–water partition coefficient (Wildman–Crippen LogP) is 3.88. The summed E-state index contributed by atoms with van der Waals surface area (Å²) in [5, 5.41) is 0. The molecule has 0 aliphatic carbocycles. The van der Waals surface area contributed by atoms with Crippen molar-refractivity contribution in [3.63, 3.8) is 0 Å². The van der Waals surface area contributed by atoms with E-state index in [1.54, 1.807) is 11.8 Å². The van der Waals surface area contributed by atoms with Crippen molar-refractivity contribution in [1.29, 1.82) is 0 Å². The van der Waals surface area contributed by atoms with Crippen LogP contribution >= 0.6 is 24.0 Å². The number of hydrogen-bond acceptors (Lipinski definition) is 2. The second kappa shape index (κ2) is 4.07. The lowest BCUT2D eigenvalue weighted by molar-refractivity contribution is 1.13. The number of hydrogen-bond donors (Lipinski definition) is 0. The van der Waals surface area contributed by atoms with Crippen molar-refractivity contribution < 1.29 is 0 Å². The summed E-state index contributed by atoms with van der Waals surface area (Å²) in [4.78, 5) is 1.32. The lowest BCUT2D eigenvalue weighted by atomic mass is 10.2. The van der Waals surface area contributed by atoms with Crippen LogP contribution < -0.4 is 0 Å². The Morgan fingerprint density at radius 2 is 1.92 bits per heavy atom. The molecule has 0 radical (unpaired) electrons. The van der Waals surface area contributed by atoms with Crippen LogP contribution in [0.1, 0.15) is 18.4 Å². The molecule has 1 heterocycles. The summed E-state index contributed by atoms with van der Waals surface area (Å²) >= 11 is 6.94. The highest BCUT2D eigenvalue weighted by molar-refractivity contribution is 8.29. The minimum Gasteiger partial charge on any atom is -0.0825 e. The molecule has 0 saturated heterocycles. The second-order valence-electron chi connectivity index (χ2n) is 2.95. The fraction of sp³-hybridized carbons (Fsp3) is 0.182. The van der Waals surface area contributed by atoms with E-state index in [0.29, 0.717) is 0 Å². The molecule has 0 unspecified atom stereocenters. The van der Waals surface area contributed by atoms with Crippen molar-refractivity contribution in [3.05, 3.63) is 42.0 Å². The zero-order valence-electron chi connectivity index (χ0n) is 7.19. The van der Waals surface area contributed by atoms with Gasteiger partial charge in [-0.3, -0.25) is 0 Å². The number of allylic oxidation sites excluding steroid dienone is 1. The molecule has 0 spiro atoms. The zero-order valence-corrected chi connectivity index (χ0v) is 8.83. The van der Waals surface area contributed by atoms with Crippen LogP contribution in [0.3, 0.4) is 0 Å². The van der Waals surface area contributed by atoms with Crippen LogP contribution in [0.15, 0.2) is 36.4 Å². The number of rotatable bonds is 1. The molecule has 0 amide bonds. The highest BCUT2D eigenvalue weighted by atomic mass is 32.2. The molecule has 66 valence electrons. The molecule has 0 saturated carbocycles. The van der Waals surface area contributed by atoms with Gasteiger partial charge in [0.25, 0.3) is 0 Å². The molecule has 0 bridgehead atoms. The Hall–Kier alpha value is -0.600. The van der Waals surface area contributed by atoms with Crippen molar-refractivity contribution >= 4 is 33.1 Å². The third-order valence-electron chi connectivity index (χ3n) is 1.96. The Morgan fingerprint density at radius 1 is 1.15 bits per heavy atom. The van der Waals surface area contributed by atoms with Gasteiger partial charge in [-0.15, -0.1) is 0 Å². The van der Waals surface area contributed by atoms with Crippen LogP contribution in [0.2, 0.25) is 0 Å². The van der Waals surface area contributed by atoms with Crippen LogP contribution in [0, 0.1) is 0 Å². The van der Waals surface area contributed by atoms with Crippen molar-refractivity contribution in [3.8, 4) is 0 Å². The van der Waals surface area contributed by atoms with Crippen LogP contribution in [-0.2, 0) is 0 Å². The van der Waals surface area contributed by atoms with Gasteiger partial charge >= 0.3 is 0 Å². The van der Waals surface area contributed by atoms with E-state index in [-0.39, 0.29) is 0 Å². The van der Waals surface area contributed by atoms with E-state index >= 15 is 0 Å². The topological polar surface area (TPSA) is 0 Å². The summed E-state index contributed by atoms with van der Waals surface area (Å²) in [6.45, 7) is 0. The normalized spacial score (nSPS) is 16.9. The molecule has 1 aromatic rings. The van der Waals surface area contributed by atoms with Crippen molar-refractivity contribution in [2.45, 2.75) is 12.8 Å². The average molecular weight is 206 g/mol. The molecule has 1 aliphatic heterocycles. The Labute approximate surface area is 88.0 Å². The smallest absolute Gasteiger partial charge is 0.0530 e. The minimum atomic E-state index is 1.05. The largest absolute Gasteiger partial charge is 0.0825 e. The maximum atomic E-state index is 5.20. The van der Waals surface area contributed by atoms with Crippen LogP contribution in [-0.4, -0.2) is 4.20 Å². The van der Waals surface area contributed by atoms with Gasteiger partial charge in [-0.25, -0.2) is 0 Å². The first-order valence-electron chi connectivity index (χ1n) is 4.32. The second-order valence-corrected chi connectivity index (χ2v) is 4.84. The molecule has 13 heavy (non-hydrogen) atoms. The molecule has 1 aliphatic rings.